The zero-order chi connectivity index (χ0) is 18.5. The molecule has 0 bridgehead atoms. The molecule has 1 atom stereocenters. The third kappa shape index (κ3) is 4.69. The number of aromatic amines is 1. The molecule has 3 amide bonds. The van der Waals surface area contributed by atoms with Crippen LogP contribution in [0.25, 0.3) is 11.0 Å². The zero-order valence-corrected chi connectivity index (χ0v) is 15.8. The molecule has 8 heteroatoms. The first-order valence-electron chi connectivity index (χ1n) is 8.87. The molecule has 1 heterocycles. The maximum Gasteiger partial charge on any atom is 0.321 e. The van der Waals surface area contributed by atoms with E-state index in [0.717, 1.165) is 42.5 Å². The van der Waals surface area contributed by atoms with Gasteiger partial charge in [-0.15, -0.1) is 0 Å². The molecule has 1 fully saturated rings. The van der Waals surface area contributed by atoms with Gasteiger partial charge in [-0.05, 0) is 31.9 Å². The van der Waals surface area contributed by atoms with Gasteiger partial charge in [0.1, 0.15) is 5.75 Å². The van der Waals surface area contributed by atoms with Crippen LogP contribution in [0, 0.1) is 0 Å². The maximum atomic E-state index is 12.3. The Bertz CT molecular complexity index is 786. The largest absolute Gasteiger partial charge is 0.497 e. The molecule has 3 rings (SSSR count). The first kappa shape index (κ1) is 18.6. The van der Waals surface area contributed by atoms with Crippen molar-refractivity contribution in [3.63, 3.8) is 0 Å². The molecule has 0 spiro atoms. The van der Waals surface area contributed by atoms with E-state index in [4.69, 9.17) is 4.74 Å². The van der Waals surface area contributed by atoms with E-state index >= 15 is 0 Å². The van der Waals surface area contributed by atoms with Gasteiger partial charge in [-0.3, -0.25) is 10.1 Å². The van der Waals surface area contributed by atoms with Crippen LogP contribution in [-0.2, 0) is 4.79 Å². The van der Waals surface area contributed by atoms with Crippen molar-refractivity contribution in [1.29, 1.82) is 0 Å². The van der Waals surface area contributed by atoms with Crippen molar-refractivity contribution in [2.24, 2.45) is 0 Å². The fourth-order valence-electron chi connectivity index (χ4n) is 3.05. The smallest absolute Gasteiger partial charge is 0.321 e. The van der Waals surface area contributed by atoms with Gasteiger partial charge in [-0.2, -0.15) is 0 Å². The third-order valence-corrected chi connectivity index (χ3v) is 5.49. The van der Waals surface area contributed by atoms with E-state index < -0.39 is 11.3 Å². The van der Waals surface area contributed by atoms with E-state index in [1.165, 1.54) is 18.2 Å². The maximum absolute atomic E-state index is 12.3. The number of thioether (sulfide) groups is 1. The highest BCUT2D eigenvalue weighted by atomic mass is 32.2. The lowest BCUT2D eigenvalue weighted by Gasteiger charge is -2.22. The number of benzene rings is 1. The van der Waals surface area contributed by atoms with Crippen molar-refractivity contribution < 1.29 is 14.3 Å². The first-order valence-corrected chi connectivity index (χ1v) is 9.75. The molecule has 3 N–H and O–H groups in total. The van der Waals surface area contributed by atoms with Crippen LogP contribution in [0.2, 0.25) is 0 Å². The lowest BCUT2D eigenvalue weighted by molar-refractivity contribution is -0.119. The number of imidazole rings is 1. The summed E-state index contributed by atoms with van der Waals surface area (Å²) in [7, 11) is 1.61. The van der Waals surface area contributed by atoms with Crippen LogP contribution in [-0.4, -0.2) is 40.3 Å². The minimum absolute atomic E-state index is 0.171. The fraction of sp³-hybridized carbons (Fsp3) is 0.500. The van der Waals surface area contributed by atoms with Crippen molar-refractivity contribution in [3.8, 4) is 5.75 Å². The number of fused-ring (bicyclic) bond motifs is 1. The zero-order valence-electron chi connectivity index (χ0n) is 15.0. The minimum atomic E-state index is -0.449. The number of rotatable bonds is 5. The first-order chi connectivity index (χ1) is 12.5. The van der Waals surface area contributed by atoms with Crippen LogP contribution in [0.1, 0.15) is 39.0 Å². The molecule has 140 valence electrons. The van der Waals surface area contributed by atoms with Gasteiger partial charge in [0.15, 0.2) is 5.16 Å². The van der Waals surface area contributed by atoms with Crippen LogP contribution >= 0.6 is 11.8 Å². The normalized spacial score (nSPS) is 16.2. The Morgan fingerprint density at radius 1 is 1.31 bits per heavy atom. The molecule has 1 aromatic carbocycles. The van der Waals surface area contributed by atoms with Gasteiger partial charge in [0, 0.05) is 12.1 Å². The van der Waals surface area contributed by atoms with Gasteiger partial charge >= 0.3 is 6.03 Å². The highest BCUT2D eigenvalue weighted by Gasteiger charge is 2.21. The molecule has 0 saturated heterocycles. The Morgan fingerprint density at radius 3 is 2.81 bits per heavy atom. The van der Waals surface area contributed by atoms with E-state index in [9.17, 15) is 9.59 Å². The van der Waals surface area contributed by atoms with Crippen molar-refractivity contribution >= 4 is 34.7 Å². The molecule has 26 heavy (non-hydrogen) atoms. The van der Waals surface area contributed by atoms with Gasteiger partial charge in [0.05, 0.1) is 23.4 Å². The second-order valence-electron chi connectivity index (χ2n) is 6.48. The number of imide groups is 1. The summed E-state index contributed by atoms with van der Waals surface area (Å²) in [5.41, 5.74) is 1.64. The highest BCUT2D eigenvalue weighted by Crippen LogP contribution is 2.25. The predicted molar refractivity (Wildman–Crippen MR) is 102 cm³/mol. The monoisotopic (exact) mass is 376 g/mol. The molecule has 1 aliphatic carbocycles. The van der Waals surface area contributed by atoms with Crippen LogP contribution in [0.3, 0.4) is 0 Å². The number of ether oxygens (including phenoxy) is 1. The second-order valence-corrected chi connectivity index (χ2v) is 7.81. The lowest BCUT2D eigenvalue weighted by atomic mass is 9.96. The number of urea groups is 1. The lowest BCUT2D eigenvalue weighted by Crippen LogP contribution is -2.47. The molecule has 0 radical (unpaired) electrons. The van der Waals surface area contributed by atoms with Crippen LogP contribution in [0.5, 0.6) is 5.75 Å². The number of amides is 3. The molecule has 1 saturated carbocycles. The Morgan fingerprint density at radius 2 is 2.08 bits per heavy atom. The van der Waals surface area contributed by atoms with E-state index in [0.29, 0.717) is 5.16 Å². The summed E-state index contributed by atoms with van der Waals surface area (Å²) in [6.45, 7) is 1.75. The van der Waals surface area contributed by atoms with Crippen molar-refractivity contribution in [1.82, 2.24) is 20.6 Å². The summed E-state index contributed by atoms with van der Waals surface area (Å²) in [6.07, 6.45) is 5.43. The van der Waals surface area contributed by atoms with Crippen LogP contribution < -0.4 is 15.4 Å². The Hall–Kier alpha value is -2.22. The molecule has 1 aliphatic rings. The standard InChI is InChI=1S/C18H24N4O3S/c1-11(16(23)22-17(24)19-12-6-4-3-5-7-12)26-18-20-14-9-8-13(25-2)10-15(14)21-18/h8-12H,3-7H2,1-2H3,(H,20,21)(H2,19,22,23,24)/t11-/m1/s1. The Labute approximate surface area is 156 Å². The molecule has 7 nitrogen and oxygen atoms in total. The minimum Gasteiger partial charge on any atom is -0.497 e. The summed E-state index contributed by atoms with van der Waals surface area (Å²) in [5.74, 6) is 0.407. The summed E-state index contributed by atoms with van der Waals surface area (Å²) in [4.78, 5) is 31.9. The summed E-state index contributed by atoms with van der Waals surface area (Å²) < 4.78 is 5.19. The Kier molecular flexibility index (Phi) is 6.03. The number of hydrogen-bond donors (Lipinski definition) is 3. The van der Waals surface area contributed by atoms with Gasteiger partial charge in [0.2, 0.25) is 5.91 Å². The highest BCUT2D eigenvalue weighted by molar-refractivity contribution is 8.00. The van der Waals surface area contributed by atoms with E-state index in [1.54, 1.807) is 14.0 Å². The Balaban J connectivity index is 1.54. The molecule has 0 unspecified atom stereocenters. The number of carbonyl (C=O) groups excluding carboxylic acids is 2. The summed E-state index contributed by atoms with van der Waals surface area (Å²) in [6, 6.07) is 5.31. The molecule has 1 aromatic heterocycles. The fourth-order valence-corrected chi connectivity index (χ4v) is 3.87. The van der Waals surface area contributed by atoms with Crippen molar-refractivity contribution in [2.45, 2.75) is 55.5 Å². The van der Waals surface area contributed by atoms with Gasteiger partial charge in [0.25, 0.3) is 0 Å². The third-order valence-electron chi connectivity index (χ3n) is 4.50. The molecule has 2 aromatic rings. The number of nitrogens with one attached hydrogen (secondary N) is 3. The quantitative estimate of drug-likeness (QED) is 0.697. The average Bonchev–Trinajstić information content (AvgIpc) is 3.03. The predicted octanol–water partition coefficient (Wildman–Crippen LogP) is 3.21. The number of methoxy groups -OCH3 is 1. The topological polar surface area (TPSA) is 96.1 Å². The number of hydrogen-bond acceptors (Lipinski definition) is 5. The average molecular weight is 376 g/mol. The summed E-state index contributed by atoms with van der Waals surface area (Å²) >= 11 is 1.28. The SMILES string of the molecule is COc1ccc2nc(S[C@H](C)C(=O)NC(=O)NC3CCCCC3)[nH]c2c1. The van der Waals surface area contributed by atoms with E-state index in [2.05, 4.69) is 20.6 Å². The summed E-state index contributed by atoms with van der Waals surface area (Å²) in [5, 5.41) is 5.49. The van der Waals surface area contributed by atoms with E-state index in [1.807, 2.05) is 18.2 Å². The van der Waals surface area contributed by atoms with Gasteiger partial charge in [-0.1, -0.05) is 31.0 Å². The van der Waals surface area contributed by atoms with Crippen molar-refractivity contribution in [3.05, 3.63) is 18.2 Å². The number of aromatic nitrogens is 2. The van der Waals surface area contributed by atoms with Crippen LogP contribution in [0.4, 0.5) is 4.79 Å². The molecular formula is C18H24N4O3S. The van der Waals surface area contributed by atoms with Crippen molar-refractivity contribution in [2.75, 3.05) is 7.11 Å². The van der Waals surface area contributed by atoms with Crippen LogP contribution in [0.15, 0.2) is 23.4 Å². The second kappa shape index (κ2) is 8.44. The molecule has 0 aliphatic heterocycles. The van der Waals surface area contributed by atoms with Gasteiger partial charge < -0.3 is 15.0 Å². The van der Waals surface area contributed by atoms with E-state index in [-0.39, 0.29) is 11.9 Å². The van der Waals surface area contributed by atoms with Gasteiger partial charge in [-0.25, -0.2) is 9.78 Å². The molecular weight excluding hydrogens is 352 g/mol. The number of carbonyl (C=O) groups is 2. The number of nitrogens with zero attached hydrogens (tertiary/aromatic N) is 1. The number of H-pyrrole nitrogens is 1.